The van der Waals surface area contributed by atoms with Gasteiger partial charge in [0.2, 0.25) is 0 Å². The first-order chi connectivity index (χ1) is 9.24. The summed E-state index contributed by atoms with van der Waals surface area (Å²) in [4.78, 5) is 0. The lowest BCUT2D eigenvalue weighted by Crippen LogP contribution is -2.28. The fraction of sp³-hybridized carbons (Fsp3) is 0.600. The molecule has 1 aliphatic heterocycles. The number of hydrogen-bond acceptors (Lipinski definition) is 4. The van der Waals surface area contributed by atoms with Crippen LogP contribution in [0.4, 0.5) is 0 Å². The molecule has 1 aromatic rings. The van der Waals surface area contributed by atoms with Crippen molar-refractivity contribution in [1.29, 1.82) is 0 Å². The Morgan fingerprint density at radius 1 is 1.37 bits per heavy atom. The van der Waals surface area contributed by atoms with Gasteiger partial charge in [-0.15, -0.1) is 0 Å². The highest BCUT2D eigenvalue weighted by Crippen LogP contribution is 2.29. The van der Waals surface area contributed by atoms with Crippen LogP contribution >= 0.6 is 0 Å². The molecule has 0 amide bonds. The Morgan fingerprint density at radius 3 is 2.84 bits per heavy atom. The van der Waals surface area contributed by atoms with Crippen molar-refractivity contribution in [2.45, 2.75) is 31.9 Å². The zero-order valence-electron chi connectivity index (χ0n) is 11.9. The Balaban J connectivity index is 1.98. The fourth-order valence-corrected chi connectivity index (χ4v) is 2.40. The number of methoxy groups -OCH3 is 2. The van der Waals surface area contributed by atoms with Crippen molar-refractivity contribution in [3.8, 4) is 11.5 Å². The van der Waals surface area contributed by atoms with Gasteiger partial charge in [-0.25, -0.2) is 0 Å². The Hall–Kier alpha value is -1.26. The molecular weight excluding hydrogens is 242 g/mol. The van der Waals surface area contributed by atoms with Gasteiger partial charge in [-0.2, -0.15) is 0 Å². The van der Waals surface area contributed by atoms with Crippen molar-refractivity contribution in [1.82, 2.24) is 5.32 Å². The summed E-state index contributed by atoms with van der Waals surface area (Å²) in [6.45, 7) is 3.92. The van der Waals surface area contributed by atoms with Crippen molar-refractivity contribution < 1.29 is 14.2 Å². The molecule has 0 saturated carbocycles. The van der Waals surface area contributed by atoms with Crippen LogP contribution in [-0.2, 0) is 4.74 Å². The van der Waals surface area contributed by atoms with Gasteiger partial charge in [-0.3, -0.25) is 0 Å². The van der Waals surface area contributed by atoms with Gasteiger partial charge in [0.1, 0.15) is 11.5 Å². The second kappa shape index (κ2) is 6.78. The van der Waals surface area contributed by atoms with Gasteiger partial charge < -0.3 is 19.5 Å². The molecule has 0 radical (unpaired) electrons. The molecule has 4 nitrogen and oxygen atoms in total. The highest BCUT2D eigenvalue weighted by atomic mass is 16.5. The third-order valence-corrected chi connectivity index (χ3v) is 3.58. The molecule has 4 heteroatoms. The average Bonchev–Trinajstić information content (AvgIpc) is 2.97. The molecule has 2 rings (SSSR count). The van der Waals surface area contributed by atoms with Gasteiger partial charge in [0.25, 0.3) is 0 Å². The van der Waals surface area contributed by atoms with Crippen molar-refractivity contribution >= 4 is 0 Å². The summed E-state index contributed by atoms with van der Waals surface area (Å²) in [6, 6.07) is 6.15. The standard InChI is InChI=1S/C15H23NO3/c1-11(16-10-13-5-4-8-19-13)14-7-6-12(17-2)9-15(14)18-3/h6-7,9,11,13,16H,4-5,8,10H2,1-3H3. The summed E-state index contributed by atoms with van der Waals surface area (Å²) in [5.41, 5.74) is 1.14. The predicted molar refractivity (Wildman–Crippen MR) is 74.9 cm³/mol. The molecule has 1 N–H and O–H groups in total. The van der Waals surface area contributed by atoms with Crippen LogP contribution in [0.5, 0.6) is 11.5 Å². The summed E-state index contributed by atoms with van der Waals surface area (Å²) in [6.07, 6.45) is 2.68. The monoisotopic (exact) mass is 265 g/mol. The molecular formula is C15H23NO3. The molecule has 1 heterocycles. The van der Waals surface area contributed by atoms with Crippen LogP contribution in [0.3, 0.4) is 0 Å². The van der Waals surface area contributed by atoms with E-state index < -0.39 is 0 Å². The van der Waals surface area contributed by atoms with E-state index in [0.29, 0.717) is 6.10 Å². The van der Waals surface area contributed by atoms with Crippen LogP contribution in [0.25, 0.3) is 0 Å². The normalized spacial score (nSPS) is 20.3. The van der Waals surface area contributed by atoms with Crippen molar-refractivity contribution in [3.63, 3.8) is 0 Å². The first-order valence-electron chi connectivity index (χ1n) is 6.81. The van der Waals surface area contributed by atoms with Gasteiger partial charge in [0.05, 0.1) is 20.3 Å². The largest absolute Gasteiger partial charge is 0.497 e. The SMILES string of the molecule is COc1ccc(C(C)NCC2CCCO2)c(OC)c1. The number of rotatable bonds is 6. The van der Waals surface area contributed by atoms with Crippen molar-refractivity contribution in [2.24, 2.45) is 0 Å². The number of benzene rings is 1. The zero-order chi connectivity index (χ0) is 13.7. The van der Waals surface area contributed by atoms with Gasteiger partial charge in [0.15, 0.2) is 0 Å². The molecule has 0 bridgehead atoms. The molecule has 106 valence electrons. The van der Waals surface area contributed by atoms with Gasteiger partial charge in [-0.1, -0.05) is 6.07 Å². The van der Waals surface area contributed by atoms with E-state index in [-0.39, 0.29) is 6.04 Å². The third kappa shape index (κ3) is 3.61. The first kappa shape index (κ1) is 14.2. The average molecular weight is 265 g/mol. The summed E-state index contributed by atoms with van der Waals surface area (Å²) in [5, 5.41) is 3.51. The van der Waals surface area contributed by atoms with Gasteiger partial charge in [0, 0.05) is 30.8 Å². The van der Waals surface area contributed by atoms with E-state index >= 15 is 0 Å². The maximum absolute atomic E-state index is 5.62. The van der Waals surface area contributed by atoms with Crippen LogP contribution < -0.4 is 14.8 Å². The van der Waals surface area contributed by atoms with E-state index in [2.05, 4.69) is 12.2 Å². The minimum atomic E-state index is 0.227. The van der Waals surface area contributed by atoms with E-state index in [1.54, 1.807) is 14.2 Å². The van der Waals surface area contributed by atoms with E-state index in [0.717, 1.165) is 36.6 Å². The van der Waals surface area contributed by atoms with Crippen LogP contribution in [-0.4, -0.2) is 33.5 Å². The zero-order valence-corrected chi connectivity index (χ0v) is 11.9. The Kier molecular flexibility index (Phi) is 5.05. The molecule has 0 spiro atoms. The number of nitrogens with one attached hydrogen (secondary N) is 1. The Labute approximate surface area is 115 Å². The van der Waals surface area contributed by atoms with E-state index in [9.17, 15) is 0 Å². The smallest absolute Gasteiger partial charge is 0.127 e. The lowest BCUT2D eigenvalue weighted by atomic mass is 10.1. The predicted octanol–water partition coefficient (Wildman–Crippen LogP) is 2.53. The fourth-order valence-electron chi connectivity index (χ4n) is 2.40. The molecule has 0 aliphatic carbocycles. The molecule has 1 aliphatic rings. The highest BCUT2D eigenvalue weighted by molar-refractivity contribution is 5.42. The number of ether oxygens (including phenoxy) is 3. The van der Waals surface area contributed by atoms with Crippen LogP contribution in [0, 0.1) is 0 Å². The summed E-state index contributed by atoms with van der Waals surface area (Å²) in [5.74, 6) is 1.67. The summed E-state index contributed by atoms with van der Waals surface area (Å²) in [7, 11) is 3.35. The molecule has 0 aromatic heterocycles. The summed E-state index contributed by atoms with van der Waals surface area (Å²) < 4.78 is 16.3. The van der Waals surface area contributed by atoms with Crippen LogP contribution in [0.2, 0.25) is 0 Å². The Bertz CT molecular complexity index is 402. The van der Waals surface area contributed by atoms with Gasteiger partial charge in [-0.05, 0) is 25.8 Å². The summed E-state index contributed by atoms with van der Waals surface area (Å²) >= 11 is 0. The van der Waals surface area contributed by atoms with E-state index in [4.69, 9.17) is 14.2 Å². The maximum atomic E-state index is 5.62. The molecule has 1 aromatic carbocycles. The van der Waals surface area contributed by atoms with Crippen LogP contribution in [0.1, 0.15) is 31.4 Å². The number of hydrogen-bond donors (Lipinski definition) is 1. The third-order valence-electron chi connectivity index (χ3n) is 3.58. The molecule has 2 atom stereocenters. The molecule has 19 heavy (non-hydrogen) atoms. The van der Waals surface area contributed by atoms with Gasteiger partial charge >= 0.3 is 0 Å². The molecule has 1 fully saturated rings. The van der Waals surface area contributed by atoms with E-state index in [1.807, 2.05) is 18.2 Å². The Morgan fingerprint density at radius 2 is 2.21 bits per heavy atom. The lowest BCUT2D eigenvalue weighted by Gasteiger charge is -2.20. The van der Waals surface area contributed by atoms with Crippen molar-refractivity contribution in [2.75, 3.05) is 27.4 Å². The molecule has 2 unspecified atom stereocenters. The first-order valence-corrected chi connectivity index (χ1v) is 6.81. The quantitative estimate of drug-likeness (QED) is 0.858. The molecule has 1 saturated heterocycles. The topological polar surface area (TPSA) is 39.7 Å². The van der Waals surface area contributed by atoms with Crippen LogP contribution in [0.15, 0.2) is 18.2 Å². The highest BCUT2D eigenvalue weighted by Gasteiger charge is 2.18. The minimum Gasteiger partial charge on any atom is -0.497 e. The second-order valence-corrected chi connectivity index (χ2v) is 4.87. The minimum absolute atomic E-state index is 0.227. The lowest BCUT2D eigenvalue weighted by molar-refractivity contribution is 0.108. The van der Waals surface area contributed by atoms with Crippen molar-refractivity contribution in [3.05, 3.63) is 23.8 Å². The maximum Gasteiger partial charge on any atom is 0.127 e. The van der Waals surface area contributed by atoms with E-state index in [1.165, 1.54) is 6.42 Å². The second-order valence-electron chi connectivity index (χ2n) is 4.87.